The van der Waals surface area contributed by atoms with Gasteiger partial charge < -0.3 is 10.3 Å². The highest BCUT2D eigenvalue weighted by atomic mass is 16.1. The number of rotatable bonds is 4. The van der Waals surface area contributed by atoms with Crippen molar-refractivity contribution < 1.29 is 4.79 Å². The molecule has 1 aromatic carbocycles. The summed E-state index contributed by atoms with van der Waals surface area (Å²) in [5, 5.41) is 1.01. The summed E-state index contributed by atoms with van der Waals surface area (Å²) >= 11 is 0. The van der Waals surface area contributed by atoms with Crippen LogP contribution in [0.4, 0.5) is 0 Å². The number of hydrogen-bond acceptors (Lipinski definition) is 1. The molecule has 1 saturated carbocycles. The summed E-state index contributed by atoms with van der Waals surface area (Å²) in [5.41, 5.74) is 8.74. The molecule has 0 aliphatic heterocycles. The van der Waals surface area contributed by atoms with Gasteiger partial charge in [0.1, 0.15) is 0 Å². The van der Waals surface area contributed by atoms with Gasteiger partial charge in [0.2, 0.25) is 0 Å². The largest absolute Gasteiger partial charge is 0.366 e. The number of benzene rings is 1. The molecule has 3 nitrogen and oxygen atoms in total. The van der Waals surface area contributed by atoms with Crippen molar-refractivity contribution in [2.75, 3.05) is 0 Å². The third kappa shape index (κ3) is 2.69. The average molecular weight is 284 g/mol. The number of aromatic nitrogens is 1. The Morgan fingerprint density at radius 3 is 2.71 bits per heavy atom. The minimum atomic E-state index is -0.323. The van der Waals surface area contributed by atoms with Crippen LogP contribution in [0.5, 0.6) is 0 Å². The molecule has 3 heteroatoms. The molecule has 1 heterocycles. The van der Waals surface area contributed by atoms with Crippen LogP contribution in [0.25, 0.3) is 10.9 Å². The maximum Gasteiger partial charge on any atom is 0.250 e. The average Bonchev–Trinajstić information content (AvgIpc) is 2.87. The molecule has 0 bridgehead atoms. The fraction of sp³-hybridized carbons (Fsp3) is 0.500. The number of aryl methyl sites for hydroxylation is 1. The molecule has 1 aliphatic rings. The number of carbonyl (C=O) groups excluding carboxylic acids is 1. The normalized spacial score (nSPS) is 16.4. The van der Waals surface area contributed by atoms with Gasteiger partial charge in [0.15, 0.2) is 0 Å². The molecule has 0 unspecified atom stereocenters. The molecule has 1 fully saturated rings. The summed E-state index contributed by atoms with van der Waals surface area (Å²) in [5.74, 6) is 0.413. The Labute approximate surface area is 126 Å². The van der Waals surface area contributed by atoms with E-state index in [1.807, 2.05) is 18.3 Å². The second kappa shape index (κ2) is 5.92. The van der Waals surface area contributed by atoms with E-state index in [1.165, 1.54) is 43.2 Å². The summed E-state index contributed by atoms with van der Waals surface area (Å²) in [6, 6.07) is 6.20. The van der Waals surface area contributed by atoms with Gasteiger partial charge in [0.05, 0.1) is 11.1 Å². The Bertz CT molecular complexity index is 651. The highest BCUT2D eigenvalue weighted by Crippen LogP contribution is 2.30. The Hall–Kier alpha value is -1.77. The first-order chi connectivity index (χ1) is 10.2. The maximum absolute atomic E-state index is 11.7. The van der Waals surface area contributed by atoms with Gasteiger partial charge >= 0.3 is 0 Å². The van der Waals surface area contributed by atoms with Crippen LogP contribution in [0.2, 0.25) is 0 Å². The number of nitrogens with two attached hydrogens (primary N) is 1. The van der Waals surface area contributed by atoms with Crippen LogP contribution in [-0.2, 0) is 13.0 Å². The molecule has 112 valence electrons. The first-order valence-electron chi connectivity index (χ1n) is 8.11. The first-order valence-corrected chi connectivity index (χ1v) is 8.11. The maximum atomic E-state index is 11.7. The Morgan fingerprint density at radius 1 is 1.29 bits per heavy atom. The lowest BCUT2D eigenvalue weighted by atomic mass is 9.89. The lowest BCUT2D eigenvalue weighted by molar-refractivity contribution is 0.100. The molecule has 0 saturated heterocycles. The zero-order valence-electron chi connectivity index (χ0n) is 12.8. The van der Waals surface area contributed by atoms with E-state index in [-0.39, 0.29) is 5.91 Å². The van der Waals surface area contributed by atoms with E-state index < -0.39 is 0 Å². The zero-order valence-corrected chi connectivity index (χ0v) is 12.8. The standard InChI is InChI=1S/C18H24N2O/c1-2-14-9-6-10-15-16(18(19)21)12-20(17(14)15)11-13-7-4-3-5-8-13/h6,9-10,12-13H,2-5,7-8,11H2,1H3,(H2,19,21). The van der Waals surface area contributed by atoms with Crippen LogP contribution in [0.15, 0.2) is 24.4 Å². The molecule has 1 amide bonds. The molecule has 0 atom stereocenters. The van der Waals surface area contributed by atoms with Crippen LogP contribution in [-0.4, -0.2) is 10.5 Å². The summed E-state index contributed by atoms with van der Waals surface area (Å²) in [7, 11) is 0. The van der Waals surface area contributed by atoms with Crippen molar-refractivity contribution in [1.29, 1.82) is 0 Å². The molecule has 21 heavy (non-hydrogen) atoms. The van der Waals surface area contributed by atoms with Crippen LogP contribution in [0.1, 0.15) is 54.9 Å². The molecular weight excluding hydrogens is 260 g/mol. The Kier molecular flexibility index (Phi) is 4.00. The van der Waals surface area contributed by atoms with E-state index >= 15 is 0 Å². The Balaban J connectivity index is 2.05. The number of fused-ring (bicyclic) bond motifs is 1. The lowest BCUT2D eigenvalue weighted by Crippen LogP contribution is -2.14. The van der Waals surface area contributed by atoms with E-state index in [0.717, 1.165) is 24.3 Å². The minimum Gasteiger partial charge on any atom is -0.366 e. The number of nitrogens with zero attached hydrogens (tertiary/aromatic N) is 1. The number of para-hydroxylation sites is 1. The number of hydrogen-bond donors (Lipinski definition) is 1. The molecule has 1 aliphatic carbocycles. The lowest BCUT2D eigenvalue weighted by Gasteiger charge is -2.22. The third-order valence-electron chi connectivity index (χ3n) is 4.81. The second-order valence-electron chi connectivity index (χ2n) is 6.23. The monoisotopic (exact) mass is 284 g/mol. The minimum absolute atomic E-state index is 0.323. The van der Waals surface area contributed by atoms with E-state index in [9.17, 15) is 4.79 Å². The number of carbonyl (C=O) groups is 1. The predicted molar refractivity (Wildman–Crippen MR) is 86.4 cm³/mol. The van der Waals surface area contributed by atoms with E-state index in [2.05, 4.69) is 17.6 Å². The fourth-order valence-corrected chi connectivity index (χ4v) is 3.71. The molecule has 1 aromatic heterocycles. The van der Waals surface area contributed by atoms with E-state index in [0.29, 0.717) is 5.56 Å². The van der Waals surface area contributed by atoms with Gasteiger partial charge in [0, 0.05) is 18.1 Å². The number of primary amides is 1. The van der Waals surface area contributed by atoms with Crippen molar-refractivity contribution in [3.05, 3.63) is 35.5 Å². The molecule has 0 spiro atoms. The van der Waals surface area contributed by atoms with E-state index in [4.69, 9.17) is 5.73 Å². The number of amides is 1. The summed E-state index contributed by atoms with van der Waals surface area (Å²) in [6.45, 7) is 3.18. The van der Waals surface area contributed by atoms with Crippen molar-refractivity contribution in [3.63, 3.8) is 0 Å². The van der Waals surface area contributed by atoms with Crippen molar-refractivity contribution in [1.82, 2.24) is 4.57 Å². The highest BCUT2D eigenvalue weighted by molar-refractivity contribution is 6.07. The molecule has 2 aromatic rings. The quantitative estimate of drug-likeness (QED) is 0.910. The molecule has 2 N–H and O–H groups in total. The third-order valence-corrected chi connectivity index (χ3v) is 4.81. The molecule has 0 radical (unpaired) electrons. The SMILES string of the molecule is CCc1cccc2c(C(N)=O)cn(CC3CCCCC3)c12. The summed E-state index contributed by atoms with van der Waals surface area (Å²) < 4.78 is 2.28. The van der Waals surface area contributed by atoms with Gasteiger partial charge in [-0.05, 0) is 30.7 Å². The van der Waals surface area contributed by atoms with Crippen LogP contribution in [0.3, 0.4) is 0 Å². The van der Waals surface area contributed by atoms with Gasteiger partial charge in [0.25, 0.3) is 5.91 Å². The summed E-state index contributed by atoms with van der Waals surface area (Å²) in [4.78, 5) is 11.7. The fourth-order valence-electron chi connectivity index (χ4n) is 3.71. The van der Waals surface area contributed by atoms with Crippen LogP contribution in [0, 0.1) is 5.92 Å². The van der Waals surface area contributed by atoms with Gasteiger partial charge in [-0.2, -0.15) is 0 Å². The molecular formula is C18H24N2O. The first kappa shape index (κ1) is 14.2. The molecule has 3 rings (SSSR count). The van der Waals surface area contributed by atoms with E-state index in [1.54, 1.807) is 0 Å². The van der Waals surface area contributed by atoms with Crippen molar-refractivity contribution in [3.8, 4) is 0 Å². The summed E-state index contributed by atoms with van der Waals surface area (Å²) in [6.07, 6.45) is 9.61. The van der Waals surface area contributed by atoms with Gasteiger partial charge in [-0.25, -0.2) is 0 Å². The highest BCUT2D eigenvalue weighted by Gasteiger charge is 2.19. The second-order valence-corrected chi connectivity index (χ2v) is 6.23. The smallest absolute Gasteiger partial charge is 0.250 e. The zero-order chi connectivity index (χ0) is 14.8. The van der Waals surface area contributed by atoms with Gasteiger partial charge in [-0.15, -0.1) is 0 Å². The Morgan fingerprint density at radius 2 is 2.05 bits per heavy atom. The van der Waals surface area contributed by atoms with Crippen molar-refractivity contribution >= 4 is 16.8 Å². The topological polar surface area (TPSA) is 48.0 Å². The van der Waals surface area contributed by atoms with Crippen molar-refractivity contribution in [2.24, 2.45) is 11.7 Å². The van der Waals surface area contributed by atoms with Gasteiger partial charge in [-0.1, -0.05) is 44.4 Å². The van der Waals surface area contributed by atoms with Crippen LogP contribution >= 0.6 is 0 Å². The predicted octanol–water partition coefficient (Wildman–Crippen LogP) is 3.88. The van der Waals surface area contributed by atoms with Crippen LogP contribution < -0.4 is 5.73 Å². The van der Waals surface area contributed by atoms with Crippen molar-refractivity contribution in [2.45, 2.75) is 52.0 Å². The van der Waals surface area contributed by atoms with Gasteiger partial charge in [-0.3, -0.25) is 4.79 Å².